The number of carbonyl (C=O) groups is 1. The van der Waals surface area contributed by atoms with Gasteiger partial charge in [0.1, 0.15) is 5.82 Å². The predicted octanol–water partition coefficient (Wildman–Crippen LogP) is 2.50. The van der Waals surface area contributed by atoms with Crippen LogP contribution in [0.15, 0.2) is 30.3 Å². The minimum absolute atomic E-state index is 0.102. The van der Waals surface area contributed by atoms with Crippen molar-refractivity contribution in [3.8, 4) is 0 Å². The summed E-state index contributed by atoms with van der Waals surface area (Å²) in [6.07, 6.45) is 3.35. The molecule has 1 amide bonds. The van der Waals surface area contributed by atoms with E-state index >= 15 is 0 Å². The number of amides is 1. The predicted molar refractivity (Wildman–Crippen MR) is 104 cm³/mol. The third kappa shape index (κ3) is 5.25. The summed E-state index contributed by atoms with van der Waals surface area (Å²) < 4.78 is 9.50. The highest BCUT2D eigenvalue weighted by Crippen LogP contribution is 2.25. The Kier molecular flexibility index (Phi) is 6.96. The first kappa shape index (κ1) is 18.8. The van der Waals surface area contributed by atoms with Crippen LogP contribution in [-0.4, -0.2) is 48.6 Å². The van der Waals surface area contributed by atoms with Gasteiger partial charge in [-0.05, 0) is 24.8 Å². The van der Waals surface area contributed by atoms with Crippen molar-refractivity contribution in [3.05, 3.63) is 41.7 Å². The van der Waals surface area contributed by atoms with Gasteiger partial charge < -0.3 is 15.0 Å². The summed E-state index contributed by atoms with van der Waals surface area (Å²) in [5, 5.41) is 3.98. The average molecular weight is 375 g/mol. The van der Waals surface area contributed by atoms with Gasteiger partial charge in [-0.3, -0.25) is 4.79 Å². The van der Waals surface area contributed by atoms with Gasteiger partial charge in [-0.2, -0.15) is 4.37 Å². The van der Waals surface area contributed by atoms with E-state index in [9.17, 15) is 4.79 Å². The smallest absolute Gasteiger partial charge is 0.223 e. The molecule has 3 rings (SSSR count). The van der Waals surface area contributed by atoms with Crippen LogP contribution in [0.25, 0.3) is 0 Å². The molecule has 0 bridgehead atoms. The van der Waals surface area contributed by atoms with Gasteiger partial charge in [0, 0.05) is 57.2 Å². The van der Waals surface area contributed by atoms with E-state index in [1.165, 1.54) is 17.1 Å². The normalized spacial score (nSPS) is 15.2. The average Bonchev–Trinajstić information content (AvgIpc) is 3.14. The molecule has 0 unspecified atom stereocenters. The Morgan fingerprint density at radius 2 is 2.08 bits per heavy atom. The summed E-state index contributed by atoms with van der Waals surface area (Å²) in [5.41, 5.74) is 1.22. The quantitative estimate of drug-likeness (QED) is 0.719. The van der Waals surface area contributed by atoms with Crippen molar-refractivity contribution in [3.63, 3.8) is 0 Å². The Morgan fingerprint density at radius 3 is 2.81 bits per heavy atom. The molecule has 7 heteroatoms. The van der Waals surface area contributed by atoms with Crippen LogP contribution in [0.3, 0.4) is 0 Å². The molecular formula is C19H26N4O2S. The molecule has 0 radical (unpaired) electrons. The first-order valence-electron chi connectivity index (χ1n) is 9.14. The van der Waals surface area contributed by atoms with E-state index in [-0.39, 0.29) is 11.8 Å². The van der Waals surface area contributed by atoms with Crippen LogP contribution in [-0.2, 0) is 16.0 Å². The third-order valence-corrected chi connectivity index (χ3v) is 5.44. The molecule has 1 N–H and O–H groups in total. The van der Waals surface area contributed by atoms with Crippen LogP contribution in [0.5, 0.6) is 0 Å². The molecule has 0 saturated carbocycles. The number of hydrogen-bond acceptors (Lipinski definition) is 6. The fraction of sp³-hybridized carbons (Fsp3) is 0.526. The lowest BCUT2D eigenvalue weighted by Crippen LogP contribution is -2.40. The molecule has 1 aromatic heterocycles. The lowest BCUT2D eigenvalue weighted by molar-refractivity contribution is -0.125. The molecule has 1 aromatic carbocycles. The number of piperidine rings is 1. The van der Waals surface area contributed by atoms with Crippen molar-refractivity contribution < 1.29 is 9.53 Å². The molecule has 140 valence electrons. The monoisotopic (exact) mass is 374 g/mol. The van der Waals surface area contributed by atoms with E-state index in [1.807, 2.05) is 18.2 Å². The van der Waals surface area contributed by atoms with Crippen LogP contribution < -0.4 is 10.2 Å². The van der Waals surface area contributed by atoms with Crippen molar-refractivity contribution in [2.24, 2.45) is 5.92 Å². The van der Waals surface area contributed by atoms with E-state index < -0.39 is 0 Å². The number of carbonyl (C=O) groups excluding carboxylic acids is 1. The van der Waals surface area contributed by atoms with Gasteiger partial charge >= 0.3 is 0 Å². The topological polar surface area (TPSA) is 67.3 Å². The van der Waals surface area contributed by atoms with E-state index in [2.05, 4.69) is 31.7 Å². The van der Waals surface area contributed by atoms with Crippen molar-refractivity contribution in [2.45, 2.75) is 25.7 Å². The van der Waals surface area contributed by atoms with Crippen LogP contribution in [0.2, 0.25) is 0 Å². The highest BCUT2D eigenvalue weighted by Gasteiger charge is 2.26. The van der Waals surface area contributed by atoms with Gasteiger partial charge in [-0.15, -0.1) is 0 Å². The molecule has 6 nitrogen and oxygen atoms in total. The van der Waals surface area contributed by atoms with Gasteiger partial charge in [-0.1, -0.05) is 30.3 Å². The fourth-order valence-corrected chi connectivity index (χ4v) is 3.87. The van der Waals surface area contributed by atoms with E-state index in [0.29, 0.717) is 13.2 Å². The molecule has 26 heavy (non-hydrogen) atoms. The number of methoxy groups -OCH3 is 1. The van der Waals surface area contributed by atoms with Crippen molar-refractivity contribution in [1.29, 1.82) is 0 Å². The third-order valence-electron chi connectivity index (χ3n) is 4.62. The Labute approximate surface area is 158 Å². The van der Waals surface area contributed by atoms with Crippen LogP contribution in [0.1, 0.15) is 30.7 Å². The van der Waals surface area contributed by atoms with Crippen molar-refractivity contribution in [2.75, 3.05) is 38.3 Å². The zero-order valence-corrected chi connectivity index (χ0v) is 16.0. The SMILES string of the molecule is COCCCNC(=O)C1CCN(c2nc(Cc3ccccc3)ns2)CC1. The fourth-order valence-electron chi connectivity index (χ4n) is 3.13. The number of rotatable bonds is 8. The number of hydrogen-bond donors (Lipinski definition) is 1. The molecular weight excluding hydrogens is 348 g/mol. The van der Waals surface area contributed by atoms with Crippen LogP contribution in [0.4, 0.5) is 5.13 Å². The highest BCUT2D eigenvalue weighted by atomic mass is 32.1. The Bertz CT molecular complexity index is 684. The Hall–Kier alpha value is -1.99. The number of aromatic nitrogens is 2. The zero-order valence-electron chi connectivity index (χ0n) is 15.2. The van der Waals surface area contributed by atoms with Crippen molar-refractivity contribution in [1.82, 2.24) is 14.7 Å². The van der Waals surface area contributed by atoms with Gasteiger partial charge in [0.15, 0.2) is 0 Å². The second kappa shape index (κ2) is 9.64. The maximum Gasteiger partial charge on any atom is 0.223 e. The maximum absolute atomic E-state index is 12.2. The molecule has 1 aliphatic rings. The van der Waals surface area contributed by atoms with Crippen molar-refractivity contribution >= 4 is 22.6 Å². The minimum atomic E-state index is 0.102. The van der Waals surface area contributed by atoms with Gasteiger partial charge in [0.05, 0.1) is 0 Å². The summed E-state index contributed by atoms with van der Waals surface area (Å²) in [6.45, 7) is 3.08. The summed E-state index contributed by atoms with van der Waals surface area (Å²) in [4.78, 5) is 19.2. The first-order chi connectivity index (χ1) is 12.8. The zero-order chi connectivity index (χ0) is 18.2. The van der Waals surface area contributed by atoms with E-state index in [4.69, 9.17) is 4.74 Å². The second-order valence-corrected chi connectivity index (χ2v) is 7.28. The number of nitrogens with zero attached hydrogens (tertiary/aromatic N) is 3. The maximum atomic E-state index is 12.2. The van der Waals surface area contributed by atoms with Crippen LogP contribution in [0, 0.1) is 5.92 Å². The molecule has 0 spiro atoms. The molecule has 1 saturated heterocycles. The van der Waals surface area contributed by atoms with E-state index in [1.54, 1.807) is 7.11 Å². The molecule has 1 fully saturated rings. The number of benzene rings is 1. The minimum Gasteiger partial charge on any atom is -0.385 e. The van der Waals surface area contributed by atoms with Gasteiger partial charge in [0.25, 0.3) is 0 Å². The lowest BCUT2D eigenvalue weighted by Gasteiger charge is -2.30. The number of ether oxygens (including phenoxy) is 1. The summed E-state index contributed by atoms with van der Waals surface area (Å²) in [7, 11) is 1.68. The summed E-state index contributed by atoms with van der Waals surface area (Å²) in [6, 6.07) is 10.3. The second-order valence-electron chi connectivity index (χ2n) is 6.55. The first-order valence-corrected chi connectivity index (χ1v) is 9.91. The number of nitrogens with one attached hydrogen (secondary N) is 1. The molecule has 0 atom stereocenters. The summed E-state index contributed by atoms with van der Waals surface area (Å²) >= 11 is 1.45. The Balaban J connectivity index is 1.45. The number of anilines is 1. The standard InChI is InChI=1S/C19H26N4O2S/c1-25-13-5-10-20-18(24)16-8-11-23(12-9-16)19-21-17(22-26-19)14-15-6-3-2-4-7-15/h2-4,6-7,16H,5,8-14H2,1H3,(H,20,24). The Morgan fingerprint density at radius 1 is 1.31 bits per heavy atom. The summed E-state index contributed by atoms with van der Waals surface area (Å²) in [5.74, 6) is 1.14. The lowest BCUT2D eigenvalue weighted by atomic mass is 9.96. The molecule has 2 heterocycles. The highest BCUT2D eigenvalue weighted by molar-refractivity contribution is 7.09. The molecule has 2 aromatic rings. The van der Waals surface area contributed by atoms with Gasteiger partial charge in [0.2, 0.25) is 11.0 Å². The molecule has 1 aliphatic heterocycles. The van der Waals surface area contributed by atoms with Gasteiger partial charge in [-0.25, -0.2) is 4.98 Å². The largest absolute Gasteiger partial charge is 0.385 e. The van der Waals surface area contributed by atoms with E-state index in [0.717, 1.165) is 49.7 Å². The van der Waals surface area contributed by atoms with Crippen LogP contribution >= 0.6 is 11.5 Å². The molecule has 0 aliphatic carbocycles.